The number of nitrogens with one attached hydrogen (secondary N) is 2. The number of likely N-dealkylation sites (tertiary alicyclic amines) is 1. The molecular formula is C14H15ClN4O3S. The summed E-state index contributed by atoms with van der Waals surface area (Å²) in [5, 5.41) is 5.85. The summed E-state index contributed by atoms with van der Waals surface area (Å²) in [5.41, 5.74) is -0.383. The summed E-state index contributed by atoms with van der Waals surface area (Å²) in [5.74, 6) is -0.453. The second kappa shape index (κ2) is 6.01. The second-order valence-electron chi connectivity index (χ2n) is 5.47. The summed E-state index contributed by atoms with van der Waals surface area (Å²) < 4.78 is 0. The maximum atomic E-state index is 12.7. The first-order chi connectivity index (χ1) is 10.9. The molecule has 9 heteroatoms. The van der Waals surface area contributed by atoms with Gasteiger partial charge >= 0.3 is 6.03 Å². The normalized spacial score (nSPS) is 19.7. The first-order valence-electron chi connectivity index (χ1n) is 7.08. The molecule has 2 aliphatic heterocycles. The molecule has 0 radical (unpaired) electrons. The van der Waals surface area contributed by atoms with Gasteiger partial charge < -0.3 is 10.2 Å². The van der Waals surface area contributed by atoms with Crippen molar-refractivity contribution in [1.82, 2.24) is 20.5 Å². The van der Waals surface area contributed by atoms with Crippen LogP contribution in [0.5, 0.6) is 0 Å². The monoisotopic (exact) mass is 354 g/mol. The van der Waals surface area contributed by atoms with Crippen LogP contribution in [0.15, 0.2) is 17.2 Å². The van der Waals surface area contributed by atoms with Gasteiger partial charge in [0, 0.05) is 13.1 Å². The molecule has 3 heterocycles. The Balaban J connectivity index is 1.74. The van der Waals surface area contributed by atoms with Gasteiger partial charge in [-0.1, -0.05) is 11.6 Å². The highest BCUT2D eigenvalue weighted by molar-refractivity contribution is 7.98. The third kappa shape index (κ3) is 2.88. The van der Waals surface area contributed by atoms with E-state index in [1.165, 1.54) is 11.8 Å². The van der Waals surface area contributed by atoms with Crippen molar-refractivity contribution in [2.75, 3.05) is 19.3 Å². The number of aromatic nitrogens is 1. The van der Waals surface area contributed by atoms with Gasteiger partial charge in [-0.05, 0) is 31.2 Å². The van der Waals surface area contributed by atoms with Gasteiger partial charge in [0.25, 0.3) is 11.8 Å². The molecule has 2 N–H and O–H groups in total. The highest BCUT2D eigenvalue weighted by Crippen LogP contribution is 2.28. The average Bonchev–Trinajstić information content (AvgIpc) is 2.81. The van der Waals surface area contributed by atoms with Crippen LogP contribution in [0.25, 0.3) is 0 Å². The Bertz CT molecular complexity index is 689. The number of hydrogen-bond donors (Lipinski definition) is 2. The SMILES string of the molecule is CSc1nc(Cl)ccc1C(=O)N1CCC2(CC1)NC(=O)NC2=O. The van der Waals surface area contributed by atoms with Crippen LogP contribution >= 0.6 is 23.4 Å². The van der Waals surface area contributed by atoms with Crippen LogP contribution in [-0.4, -0.2) is 52.6 Å². The Labute approximate surface area is 142 Å². The van der Waals surface area contributed by atoms with Crippen LogP contribution in [-0.2, 0) is 4.79 Å². The summed E-state index contributed by atoms with van der Waals surface area (Å²) in [4.78, 5) is 41.8. The summed E-state index contributed by atoms with van der Waals surface area (Å²) in [6, 6.07) is 2.78. The number of urea groups is 1. The standard InChI is InChI=1S/C14H15ClN4O3S/c1-23-10-8(2-3-9(15)16-10)11(20)19-6-4-14(5-7-19)12(21)17-13(22)18-14/h2-3H,4-7H2,1H3,(H2,17,18,21,22). The molecule has 1 spiro atoms. The maximum absolute atomic E-state index is 12.7. The van der Waals surface area contributed by atoms with Crippen LogP contribution in [0.2, 0.25) is 5.15 Å². The number of piperidine rings is 1. The molecule has 2 saturated heterocycles. The highest BCUT2D eigenvalue weighted by atomic mass is 35.5. The summed E-state index contributed by atoms with van der Waals surface area (Å²) in [7, 11) is 0. The van der Waals surface area contributed by atoms with Crippen molar-refractivity contribution < 1.29 is 14.4 Å². The number of pyridine rings is 1. The van der Waals surface area contributed by atoms with Crippen LogP contribution < -0.4 is 10.6 Å². The minimum Gasteiger partial charge on any atom is -0.338 e. The van der Waals surface area contributed by atoms with Crippen molar-refractivity contribution in [3.05, 3.63) is 22.8 Å². The molecule has 23 heavy (non-hydrogen) atoms. The van der Waals surface area contributed by atoms with Gasteiger partial charge in [0.1, 0.15) is 15.7 Å². The molecule has 2 aliphatic rings. The van der Waals surface area contributed by atoms with Crippen molar-refractivity contribution in [2.45, 2.75) is 23.4 Å². The molecule has 7 nitrogen and oxygen atoms in total. The van der Waals surface area contributed by atoms with Gasteiger partial charge in [0.2, 0.25) is 0 Å². The predicted molar refractivity (Wildman–Crippen MR) is 85.6 cm³/mol. The molecule has 4 amide bonds. The van der Waals surface area contributed by atoms with E-state index in [1.54, 1.807) is 17.0 Å². The lowest BCUT2D eigenvalue weighted by molar-refractivity contribution is -0.125. The molecule has 2 fully saturated rings. The van der Waals surface area contributed by atoms with Gasteiger partial charge in [-0.3, -0.25) is 14.9 Å². The molecule has 1 aromatic heterocycles. The van der Waals surface area contributed by atoms with Gasteiger partial charge in [-0.2, -0.15) is 0 Å². The molecule has 0 saturated carbocycles. The third-order valence-corrected chi connectivity index (χ3v) is 5.08. The lowest BCUT2D eigenvalue weighted by Gasteiger charge is -2.37. The smallest absolute Gasteiger partial charge is 0.322 e. The van der Waals surface area contributed by atoms with E-state index in [0.717, 1.165) is 0 Å². The van der Waals surface area contributed by atoms with Crippen molar-refractivity contribution in [1.29, 1.82) is 0 Å². The molecule has 0 unspecified atom stereocenters. The Morgan fingerprint density at radius 3 is 2.61 bits per heavy atom. The fraction of sp³-hybridized carbons (Fsp3) is 0.429. The molecule has 122 valence electrons. The Morgan fingerprint density at radius 1 is 1.35 bits per heavy atom. The quantitative estimate of drug-likeness (QED) is 0.474. The third-order valence-electron chi connectivity index (χ3n) is 4.17. The molecule has 0 atom stereocenters. The zero-order valence-electron chi connectivity index (χ0n) is 12.4. The van der Waals surface area contributed by atoms with E-state index < -0.39 is 11.6 Å². The maximum Gasteiger partial charge on any atom is 0.322 e. The molecule has 1 aromatic rings. The van der Waals surface area contributed by atoms with E-state index >= 15 is 0 Å². The van der Waals surface area contributed by atoms with E-state index in [-0.39, 0.29) is 11.8 Å². The number of hydrogen-bond acceptors (Lipinski definition) is 5. The van der Waals surface area contributed by atoms with Crippen LogP contribution in [0, 0.1) is 0 Å². The Hall–Kier alpha value is -1.80. The summed E-state index contributed by atoms with van der Waals surface area (Å²) in [6.07, 6.45) is 2.62. The Kier molecular flexibility index (Phi) is 4.20. The number of rotatable bonds is 2. The van der Waals surface area contributed by atoms with Crippen LogP contribution in [0.1, 0.15) is 23.2 Å². The molecule has 0 aliphatic carbocycles. The van der Waals surface area contributed by atoms with E-state index in [2.05, 4.69) is 15.6 Å². The number of halogens is 1. The van der Waals surface area contributed by atoms with Gasteiger partial charge in [0.05, 0.1) is 5.56 Å². The largest absolute Gasteiger partial charge is 0.338 e. The first-order valence-corrected chi connectivity index (χ1v) is 8.69. The number of carbonyl (C=O) groups is 3. The van der Waals surface area contributed by atoms with Crippen molar-refractivity contribution >= 4 is 41.2 Å². The van der Waals surface area contributed by atoms with E-state index in [9.17, 15) is 14.4 Å². The molecule has 3 rings (SSSR count). The lowest BCUT2D eigenvalue weighted by Crippen LogP contribution is -2.55. The van der Waals surface area contributed by atoms with Crippen molar-refractivity contribution in [2.24, 2.45) is 0 Å². The highest BCUT2D eigenvalue weighted by Gasteiger charge is 2.48. The number of amides is 4. The van der Waals surface area contributed by atoms with Gasteiger partial charge in [-0.25, -0.2) is 9.78 Å². The van der Waals surface area contributed by atoms with Crippen LogP contribution in [0.4, 0.5) is 4.79 Å². The Morgan fingerprint density at radius 2 is 2.04 bits per heavy atom. The van der Waals surface area contributed by atoms with Gasteiger partial charge in [0.15, 0.2) is 0 Å². The minimum absolute atomic E-state index is 0.141. The number of carbonyl (C=O) groups excluding carboxylic acids is 3. The van der Waals surface area contributed by atoms with E-state index in [1.807, 2.05) is 6.26 Å². The van der Waals surface area contributed by atoms with Crippen molar-refractivity contribution in [3.8, 4) is 0 Å². The number of thioether (sulfide) groups is 1. The first kappa shape index (κ1) is 16.1. The number of nitrogens with zero attached hydrogens (tertiary/aromatic N) is 2. The van der Waals surface area contributed by atoms with Crippen LogP contribution in [0.3, 0.4) is 0 Å². The molecule has 0 aromatic carbocycles. The average molecular weight is 355 g/mol. The topological polar surface area (TPSA) is 91.4 Å². The van der Waals surface area contributed by atoms with Gasteiger partial charge in [-0.15, -0.1) is 11.8 Å². The summed E-state index contributed by atoms with van der Waals surface area (Å²) in [6.45, 7) is 0.784. The second-order valence-corrected chi connectivity index (χ2v) is 6.66. The zero-order chi connectivity index (χ0) is 16.6. The molecular weight excluding hydrogens is 340 g/mol. The minimum atomic E-state index is -0.881. The number of imide groups is 1. The fourth-order valence-electron chi connectivity index (χ4n) is 2.88. The zero-order valence-corrected chi connectivity index (χ0v) is 14.0. The summed E-state index contributed by atoms with van der Waals surface area (Å²) >= 11 is 7.22. The molecule has 0 bridgehead atoms. The lowest BCUT2D eigenvalue weighted by atomic mass is 9.87. The van der Waals surface area contributed by atoms with E-state index in [4.69, 9.17) is 11.6 Å². The fourth-order valence-corrected chi connectivity index (χ4v) is 3.64. The van der Waals surface area contributed by atoms with E-state index in [0.29, 0.717) is 41.7 Å². The van der Waals surface area contributed by atoms with Crippen molar-refractivity contribution in [3.63, 3.8) is 0 Å². The predicted octanol–water partition coefficient (Wildman–Crippen LogP) is 1.27.